The molecule has 0 aliphatic carbocycles. The number of aliphatic hydroxyl groups is 2. The zero-order valence-corrected chi connectivity index (χ0v) is 28.7. The summed E-state index contributed by atoms with van der Waals surface area (Å²) in [7, 11) is 0. The topological polar surface area (TPSA) is 69.6 Å². The highest BCUT2D eigenvalue weighted by Gasteiger charge is 2.17. The van der Waals surface area contributed by atoms with Crippen LogP contribution in [-0.2, 0) is 4.79 Å². The minimum Gasteiger partial charge on any atom is -0.394 e. The Morgan fingerprint density at radius 3 is 1.35 bits per heavy atom. The number of aliphatic hydroxyl groups excluding tert-OH is 2. The summed E-state index contributed by atoms with van der Waals surface area (Å²) in [5.41, 5.74) is 0. The average Bonchev–Trinajstić information content (AvgIpc) is 3.01. The molecule has 2 atom stereocenters. The predicted molar refractivity (Wildman–Crippen MR) is 188 cm³/mol. The van der Waals surface area contributed by atoms with Crippen LogP contribution in [0.25, 0.3) is 0 Å². The van der Waals surface area contributed by atoms with Gasteiger partial charge in [0.05, 0.1) is 18.8 Å². The molecule has 0 rings (SSSR count). The lowest BCUT2D eigenvalue weighted by Crippen LogP contribution is -2.45. The van der Waals surface area contributed by atoms with Crippen LogP contribution in [-0.4, -0.2) is 34.9 Å². The molecule has 252 valence electrons. The molecule has 0 aromatic carbocycles. The summed E-state index contributed by atoms with van der Waals surface area (Å²) < 4.78 is 0. The molecule has 0 heterocycles. The molecular formula is C39H73NO3. The Bertz CT molecular complexity index is 657. The fraction of sp³-hybridized carbons (Fsp3) is 0.821. The first kappa shape index (κ1) is 41.6. The maximum absolute atomic E-state index is 12.2. The second kappa shape index (κ2) is 35.1. The Hall–Kier alpha value is -1.39. The lowest BCUT2D eigenvalue weighted by atomic mass is 10.1. The molecule has 0 radical (unpaired) electrons. The van der Waals surface area contributed by atoms with Gasteiger partial charge in [0.15, 0.2) is 0 Å². The van der Waals surface area contributed by atoms with Gasteiger partial charge in [-0.2, -0.15) is 0 Å². The van der Waals surface area contributed by atoms with Gasteiger partial charge in [-0.1, -0.05) is 172 Å². The van der Waals surface area contributed by atoms with Gasteiger partial charge in [-0.05, 0) is 44.9 Å². The normalized spacial score (nSPS) is 13.5. The monoisotopic (exact) mass is 604 g/mol. The van der Waals surface area contributed by atoms with E-state index in [1.54, 1.807) is 6.08 Å². The highest BCUT2D eigenvalue weighted by atomic mass is 16.3. The molecule has 0 aromatic rings. The van der Waals surface area contributed by atoms with Crippen LogP contribution >= 0.6 is 0 Å². The molecule has 2 unspecified atom stereocenters. The summed E-state index contributed by atoms with van der Waals surface area (Å²) in [6.45, 7) is 4.27. The largest absolute Gasteiger partial charge is 0.394 e. The molecule has 0 aromatic heterocycles. The van der Waals surface area contributed by atoms with E-state index in [1.807, 2.05) is 6.08 Å². The summed E-state index contributed by atoms with van der Waals surface area (Å²) >= 11 is 0. The molecule has 1 amide bonds. The van der Waals surface area contributed by atoms with E-state index in [1.165, 1.54) is 128 Å². The van der Waals surface area contributed by atoms with E-state index in [0.717, 1.165) is 38.5 Å². The molecule has 4 nitrogen and oxygen atoms in total. The quantitative estimate of drug-likeness (QED) is 0.0516. The van der Waals surface area contributed by atoms with Gasteiger partial charge in [0.2, 0.25) is 5.91 Å². The van der Waals surface area contributed by atoms with Crippen molar-refractivity contribution >= 4 is 5.91 Å². The van der Waals surface area contributed by atoms with Crippen molar-refractivity contribution in [2.24, 2.45) is 0 Å². The molecule has 0 aliphatic heterocycles. The number of hydrogen-bond acceptors (Lipinski definition) is 3. The van der Waals surface area contributed by atoms with E-state index in [4.69, 9.17) is 0 Å². The first-order chi connectivity index (χ1) is 21.2. The second-order valence-corrected chi connectivity index (χ2v) is 12.6. The van der Waals surface area contributed by atoms with Crippen molar-refractivity contribution in [3.05, 3.63) is 36.5 Å². The van der Waals surface area contributed by atoms with E-state index in [0.29, 0.717) is 6.42 Å². The molecule has 0 bridgehead atoms. The molecule has 0 fully saturated rings. The van der Waals surface area contributed by atoms with Crippen molar-refractivity contribution in [1.29, 1.82) is 0 Å². The number of hydrogen-bond donors (Lipinski definition) is 3. The lowest BCUT2D eigenvalue weighted by molar-refractivity contribution is -0.123. The Morgan fingerprint density at radius 2 is 0.907 bits per heavy atom. The Balaban J connectivity index is 3.68. The highest BCUT2D eigenvalue weighted by Crippen LogP contribution is 2.13. The predicted octanol–water partition coefficient (Wildman–Crippen LogP) is 11.1. The maximum Gasteiger partial charge on any atom is 0.220 e. The third-order valence-electron chi connectivity index (χ3n) is 8.35. The molecule has 43 heavy (non-hydrogen) atoms. The van der Waals surface area contributed by atoms with Gasteiger partial charge in [0, 0.05) is 6.42 Å². The number of carbonyl (C=O) groups excluding carboxylic acids is 1. The van der Waals surface area contributed by atoms with E-state index < -0.39 is 12.1 Å². The summed E-state index contributed by atoms with van der Waals surface area (Å²) in [4.78, 5) is 12.2. The first-order valence-corrected chi connectivity index (χ1v) is 18.7. The minimum absolute atomic E-state index is 0.0816. The first-order valence-electron chi connectivity index (χ1n) is 18.7. The van der Waals surface area contributed by atoms with Gasteiger partial charge < -0.3 is 15.5 Å². The minimum atomic E-state index is -0.865. The standard InChI is InChI=1S/C39H73NO3/c1-3-5-7-9-11-13-15-16-17-18-19-20-21-22-23-24-25-26-28-30-32-34-38(42)37(36-41)40-39(43)35-33-31-29-27-14-12-10-8-6-4-2/h21-22,25-26,32,34,37-38,41-42H,3-20,23-24,27-31,33,35-36H2,1-2H3,(H,40,43)/b22-21+,26-25+,34-32+. The second-order valence-electron chi connectivity index (χ2n) is 12.6. The van der Waals surface area contributed by atoms with Crippen molar-refractivity contribution in [3.63, 3.8) is 0 Å². The zero-order chi connectivity index (χ0) is 31.5. The summed E-state index contributed by atoms with van der Waals surface area (Å²) in [6, 6.07) is -0.640. The van der Waals surface area contributed by atoms with Crippen LogP contribution in [0.2, 0.25) is 0 Å². The fourth-order valence-electron chi connectivity index (χ4n) is 5.44. The van der Waals surface area contributed by atoms with Crippen molar-refractivity contribution in [2.45, 2.75) is 199 Å². The Morgan fingerprint density at radius 1 is 0.535 bits per heavy atom. The molecule has 3 N–H and O–H groups in total. The number of carbonyl (C=O) groups is 1. The maximum atomic E-state index is 12.2. The van der Waals surface area contributed by atoms with Gasteiger partial charge in [-0.25, -0.2) is 0 Å². The number of unbranched alkanes of at least 4 members (excludes halogenated alkanes) is 22. The molecule has 0 saturated carbocycles. The summed E-state index contributed by atoms with van der Waals surface area (Å²) in [6.07, 6.45) is 45.2. The van der Waals surface area contributed by atoms with Crippen molar-refractivity contribution in [1.82, 2.24) is 5.32 Å². The van der Waals surface area contributed by atoms with Crippen molar-refractivity contribution in [2.75, 3.05) is 6.61 Å². The number of nitrogens with one attached hydrogen (secondary N) is 1. The van der Waals surface area contributed by atoms with Gasteiger partial charge in [0.25, 0.3) is 0 Å². The third-order valence-corrected chi connectivity index (χ3v) is 8.35. The van der Waals surface area contributed by atoms with Gasteiger partial charge in [-0.15, -0.1) is 0 Å². The molecule has 4 heteroatoms. The average molecular weight is 604 g/mol. The molecule has 0 saturated heterocycles. The Labute approximate surface area is 268 Å². The van der Waals surface area contributed by atoms with E-state index >= 15 is 0 Å². The molecular weight excluding hydrogens is 530 g/mol. The van der Waals surface area contributed by atoms with Crippen LogP contribution in [0.1, 0.15) is 187 Å². The third kappa shape index (κ3) is 31.8. The molecule has 0 spiro atoms. The summed E-state index contributed by atoms with van der Waals surface area (Å²) in [5.74, 6) is -0.0816. The van der Waals surface area contributed by atoms with Crippen molar-refractivity contribution < 1.29 is 15.0 Å². The van der Waals surface area contributed by atoms with Crippen LogP contribution in [0, 0.1) is 0 Å². The SMILES string of the molecule is CCCCCCCCCCCCC/C=C/CC/C=C/CC/C=C/C(O)C(CO)NC(=O)CCCCCCCCCCCC. The van der Waals surface area contributed by atoms with Gasteiger partial charge in [0.1, 0.15) is 0 Å². The Kier molecular flexibility index (Phi) is 34.0. The van der Waals surface area contributed by atoms with Crippen LogP contribution < -0.4 is 5.32 Å². The number of allylic oxidation sites excluding steroid dienone is 5. The van der Waals surface area contributed by atoms with Crippen LogP contribution in [0.15, 0.2) is 36.5 Å². The van der Waals surface area contributed by atoms with E-state index in [9.17, 15) is 15.0 Å². The molecule has 0 aliphatic rings. The van der Waals surface area contributed by atoms with Crippen LogP contribution in [0.5, 0.6) is 0 Å². The zero-order valence-electron chi connectivity index (χ0n) is 28.7. The summed E-state index contributed by atoms with van der Waals surface area (Å²) in [5, 5.41) is 22.8. The smallest absolute Gasteiger partial charge is 0.220 e. The van der Waals surface area contributed by atoms with Gasteiger partial charge >= 0.3 is 0 Å². The number of rotatable bonds is 33. The van der Waals surface area contributed by atoms with Crippen LogP contribution in [0.4, 0.5) is 0 Å². The van der Waals surface area contributed by atoms with E-state index in [2.05, 4.69) is 43.5 Å². The highest BCUT2D eigenvalue weighted by molar-refractivity contribution is 5.76. The lowest BCUT2D eigenvalue weighted by Gasteiger charge is -2.19. The number of amides is 1. The fourth-order valence-corrected chi connectivity index (χ4v) is 5.44. The van der Waals surface area contributed by atoms with E-state index in [-0.39, 0.29) is 12.5 Å². The van der Waals surface area contributed by atoms with Crippen molar-refractivity contribution in [3.8, 4) is 0 Å². The van der Waals surface area contributed by atoms with Gasteiger partial charge in [-0.3, -0.25) is 4.79 Å². The van der Waals surface area contributed by atoms with Crippen LogP contribution in [0.3, 0.4) is 0 Å².